The first-order valence-corrected chi connectivity index (χ1v) is 11.3. The van der Waals surface area contributed by atoms with Gasteiger partial charge in [-0.15, -0.1) is 0 Å². The predicted molar refractivity (Wildman–Crippen MR) is 121 cm³/mol. The molecule has 4 aliphatic rings. The van der Waals surface area contributed by atoms with Crippen molar-refractivity contribution in [3.8, 4) is 11.5 Å². The number of benzene rings is 2. The van der Waals surface area contributed by atoms with E-state index in [2.05, 4.69) is 15.0 Å². The zero-order chi connectivity index (χ0) is 22.6. The fourth-order valence-electron chi connectivity index (χ4n) is 5.46. The average molecular weight is 451 g/mol. The van der Waals surface area contributed by atoms with Crippen LogP contribution in [0, 0.1) is 11.7 Å². The second-order valence-corrected chi connectivity index (χ2v) is 8.96. The minimum Gasteiger partial charge on any atom is -0.497 e. The van der Waals surface area contributed by atoms with Gasteiger partial charge in [0.15, 0.2) is 5.76 Å². The Kier molecular flexibility index (Phi) is 4.72. The van der Waals surface area contributed by atoms with Crippen LogP contribution in [0.3, 0.4) is 0 Å². The van der Waals surface area contributed by atoms with Crippen LogP contribution in [0.5, 0.6) is 11.5 Å². The van der Waals surface area contributed by atoms with Gasteiger partial charge in [0.05, 0.1) is 27.3 Å². The number of ether oxygens (including phenoxy) is 2. The molecule has 1 aromatic heterocycles. The van der Waals surface area contributed by atoms with Crippen LogP contribution in [-0.4, -0.2) is 55.2 Å². The number of oxime groups is 1. The number of methoxy groups -OCH3 is 2. The lowest BCUT2D eigenvalue weighted by atomic mass is 9.79. The molecule has 0 aliphatic carbocycles. The van der Waals surface area contributed by atoms with Crippen LogP contribution < -0.4 is 9.47 Å². The van der Waals surface area contributed by atoms with Gasteiger partial charge in [-0.2, -0.15) is 0 Å². The Morgan fingerprint density at radius 3 is 2.67 bits per heavy atom. The van der Waals surface area contributed by atoms with E-state index in [4.69, 9.17) is 18.7 Å². The highest BCUT2D eigenvalue weighted by Crippen LogP contribution is 2.46. The number of nitrogens with zero attached hydrogens (tertiary/aromatic N) is 3. The molecule has 0 unspecified atom stereocenters. The molecule has 3 saturated heterocycles. The minimum absolute atomic E-state index is 0.332. The lowest BCUT2D eigenvalue weighted by molar-refractivity contribution is -0.198. The number of piperidine rings is 3. The summed E-state index contributed by atoms with van der Waals surface area (Å²) in [5, 5.41) is 5.37. The first kappa shape index (κ1) is 20.4. The molecule has 0 N–H and O–H groups in total. The largest absolute Gasteiger partial charge is 0.497 e. The van der Waals surface area contributed by atoms with Gasteiger partial charge in [0.2, 0.25) is 11.6 Å². The highest BCUT2D eigenvalue weighted by Gasteiger charge is 2.57. The molecule has 4 aliphatic heterocycles. The third kappa shape index (κ3) is 3.23. The van der Waals surface area contributed by atoms with Crippen LogP contribution in [0.2, 0.25) is 0 Å². The number of halogens is 1. The Bertz CT molecular complexity index is 1230. The van der Waals surface area contributed by atoms with Crippen molar-refractivity contribution in [1.29, 1.82) is 0 Å². The molecule has 172 valence electrons. The van der Waals surface area contributed by atoms with Crippen molar-refractivity contribution in [3.63, 3.8) is 0 Å². The Hall–Kier alpha value is -3.26. The third-order valence-corrected chi connectivity index (χ3v) is 7.20. The Morgan fingerprint density at radius 2 is 1.94 bits per heavy atom. The first-order valence-electron chi connectivity index (χ1n) is 11.3. The Balaban J connectivity index is 1.42. The van der Waals surface area contributed by atoms with E-state index in [1.54, 1.807) is 20.3 Å². The molecule has 2 aromatic carbocycles. The van der Waals surface area contributed by atoms with E-state index in [1.165, 1.54) is 12.1 Å². The van der Waals surface area contributed by atoms with Crippen molar-refractivity contribution in [3.05, 3.63) is 59.6 Å². The standard InChI is InChI=1S/C25H26FN3O4/c1-30-20-6-4-17(21(13-20)31-2)14-29-24(23-11-16-3-5-19(26)12-22(16)32-23)27-33-25(29)15-28-9-7-18(25)8-10-28/h3-6,11-13,18H,7-10,14-15H2,1-2H3/t25-/m0/s1. The van der Waals surface area contributed by atoms with Crippen molar-refractivity contribution in [2.45, 2.75) is 25.1 Å². The molecule has 1 atom stereocenters. The number of hydrogen-bond acceptors (Lipinski definition) is 7. The second kappa shape index (κ2) is 7.66. The normalized spacial score (nSPS) is 26.0. The smallest absolute Gasteiger partial charge is 0.227 e. The monoisotopic (exact) mass is 451 g/mol. The van der Waals surface area contributed by atoms with Crippen LogP contribution in [0.25, 0.3) is 11.0 Å². The fourth-order valence-corrected chi connectivity index (χ4v) is 5.46. The van der Waals surface area contributed by atoms with Gasteiger partial charge in [-0.1, -0.05) is 5.16 Å². The summed E-state index contributed by atoms with van der Waals surface area (Å²) in [6.45, 7) is 3.46. The molecule has 0 amide bonds. The summed E-state index contributed by atoms with van der Waals surface area (Å²) in [6, 6.07) is 12.3. The van der Waals surface area contributed by atoms with E-state index in [0.717, 1.165) is 54.9 Å². The zero-order valence-electron chi connectivity index (χ0n) is 18.7. The second-order valence-electron chi connectivity index (χ2n) is 8.96. The molecule has 1 spiro atoms. The molecule has 7 nitrogen and oxygen atoms in total. The molecule has 5 heterocycles. The minimum atomic E-state index is -0.568. The number of hydrogen-bond donors (Lipinski definition) is 0. The van der Waals surface area contributed by atoms with E-state index in [0.29, 0.717) is 29.6 Å². The lowest BCUT2D eigenvalue weighted by Gasteiger charge is -2.53. The van der Waals surface area contributed by atoms with E-state index in [1.807, 2.05) is 24.3 Å². The first-order chi connectivity index (χ1) is 16.1. The quantitative estimate of drug-likeness (QED) is 0.579. The van der Waals surface area contributed by atoms with Crippen LogP contribution in [0.4, 0.5) is 4.39 Å². The Labute approximate surface area is 191 Å². The van der Waals surface area contributed by atoms with Gasteiger partial charge in [0.1, 0.15) is 22.9 Å². The summed E-state index contributed by atoms with van der Waals surface area (Å²) >= 11 is 0. The Morgan fingerprint density at radius 1 is 1.09 bits per heavy atom. The van der Waals surface area contributed by atoms with Crippen molar-refractivity contribution < 1.29 is 23.1 Å². The number of furan rings is 1. The van der Waals surface area contributed by atoms with E-state index >= 15 is 0 Å². The van der Waals surface area contributed by atoms with Crippen LogP contribution in [-0.2, 0) is 11.4 Å². The summed E-state index contributed by atoms with van der Waals surface area (Å²) < 4.78 is 30.9. The topological polar surface area (TPSA) is 59.7 Å². The average Bonchev–Trinajstić information content (AvgIpc) is 3.41. The molecule has 33 heavy (non-hydrogen) atoms. The van der Waals surface area contributed by atoms with Crippen LogP contribution in [0.15, 0.2) is 52.0 Å². The SMILES string of the molecule is COc1ccc(CN2C(c3cc4ccc(F)cc4o3)=NO[C@]23CN2CCC3CC2)c(OC)c1. The molecule has 3 fully saturated rings. The number of amidine groups is 1. The maximum absolute atomic E-state index is 13.8. The van der Waals surface area contributed by atoms with E-state index < -0.39 is 5.72 Å². The molecule has 7 rings (SSSR count). The lowest BCUT2D eigenvalue weighted by Crippen LogP contribution is -2.66. The highest BCUT2D eigenvalue weighted by atomic mass is 19.1. The maximum Gasteiger partial charge on any atom is 0.227 e. The summed E-state index contributed by atoms with van der Waals surface area (Å²) in [5.41, 5.74) is 0.917. The van der Waals surface area contributed by atoms with Crippen molar-refractivity contribution in [2.24, 2.45) is 11.1 Å². The van der Waals surface area contributed by atoms with Gasteiger partial charge >= 0.3 is 0 Å². The van der Waals surface area contributed by atoms with Gasteiger partial charge in [-0.25, -0.2) is 4.39 Å². The third-order valence-electron chi connectivity index (χ3n) is 7.20. The maximum atomic E-state index is 13.8. The van der Waals surface area contributed by atoms with Crippen molar-refractivity contribution in [2.75, 3.05) is 33.9 Å². The van der Waals surface area contributed by atoms with Crippen molar-refractivity contribution >= 4 is 16.8 Å². The molecule has 8 heteroatoms. The molecule has 0 saturated carbocycles. The zero-order valence-corrected chi connectivity index (χ0v) is 18.7. The summed E-state index contributed by atoms with van der Waals surface area (Å²) in [6.07, 6.45) is 2.12. The number of rotatable bonds is 5. The molecule has 2 bridgehead atoms. The van der Waals surface area contributed by atoms with Gasteiger partial charge in [-0.05, 0) is 56.3 Å². The van der Waals surface area contributed by atoms with Gasteiger partial charge in [0.25, 0.3) is 0 Å². The highest BCUT2D eigenvalue weighted by molar-refractivity contribution is 6.00. The van der Waals surface area contributed by atoms with Crippen LogP contribution in [0.1, 0.15) is 24.2 Å². The van der Waals surface area contributed by atoms with Gasteiger partial charge in [0, 0.05) is 29.0 Å². The number of fused-ring (bicyclic) bond motifs is 3. The van der Waals surface area contributed by atoms with Gasteiger partial charge in [-0.3, -0.25) is 4.90 Å². The van der Waals surface area contributed by atoms with Gasteiger partial charge < -0.3 is 23.6 Å². The molecular formula is C25H26FN3O4. The summed E-state index contributed by atoms with van der Waals surface area (Å²) in [4.78, 5) is 10.9. The molecule has 0 radical (unpaired) electrons. The summed E-state index contributed by atoms with van der Waals surface area (Å²) in [7, 11) is 3.30. The van der Waals surface area contributed by atoms with Crippen molar-refractivity contribution in [1.82, 2.24) is 9.80 Å². The molecular weight excluding hydrogens is 425 g/mol. The fraction of sp³-hybridized carbons (Fsp3) is 0.400. The summed E-state index contributed by atoms with van der Waals surface area (Å²) in [5.74, 6) is 2.69. The van der Waals surface area contributed by atoms with E-state index in [-0.39, 0.29) is 5.82 Å². The van der Waals surface area contributed by atoms with Crippen LogP contribution >= 0.6 is 0 Å². The molecule has 3 aromatic rings. The van der Waals surface area contributed by atoms with E-state index in [9.17, 15) is 4.39 Å². The predicted octanol–water partition coefficient (Wildman–Crippen LogP) is 4.21.